The number of nitrogens with two attached hydrogens (primary N) is 1. The van der Waals surface area contributed by atoms with Crippen molar-refractivity contribution in [2.45, 2.75) is 13.0 Å². The van der Waals surface area contributed by atoms with Gasteiger partial charge in [-0.05, 0) is 6.92 Å². The van der Waals surface area contributed by atoms with Crippen molar-refractivity contribution >= 4 is 5.91 Å². The summed E-state index contributed by atoms with van der Waals surface area (Å²) in [4.78, 5) is 15.3. The fraction of sp³-hybridized carbons (Fsp3) is 0.500. The zero-order valence-electron chi connectivity index (χ0n) is 7.82. The minimum atomic E-state index is -0.182. The molecule has 0 aliphatic carbocycles. The number of aryl methyl sites for hydroxylation is 1. The SMILES string of the molecule is CC(CN)NC(=O)c1cn(C)cn1. The molecule has 0 saturated heterocycles. The zero-order valence-corrected chi connectivity index (χ0v) is 7.82. The summed E-state index contributed by atoms with van der Waals surface area (Å²) < 4.78 is 1.72. The maximum atomic E-state index is 11.4. The largest absolute Gasteiger partial charge is 0.347 e. The molecular formula is C8H14N4O. The number of rotatable bonds is 3. The maximum Gasteiger partial charge on any atom is 0.271 e. The van der Waals surface area contributed by atoms with E-state index in [0.717, 1.165) is 0 Å². The molecule has 5 heteroatoms. The van der Waals surface area contributed by atoms with Crippen molar-refractivity contribution < 1.29 is 4.79 Å². The summed E-state index contributed by atoms with van der Waals surface area (Å²) in [5.41, 5.74) is 5.78. The second kappa shape index (κ2) is 4.04. The maximum absolute atomic E-state index is 11.4. The third-order valence-electron chi connectivity index (χ3n) is 1.67. The van der Waals surface area contributed by atoms with Crippen molar-refractivity contribution in [1.29, 1.82) is 0 Å². The number of hydrogen-bond donors (Lipinski definition) is 2. The third kappa shape index (κ3) is 2.55. The number of nitrogens with one attached hydrogen (secondary N) is 1. The second-order valence-corrected chi connectivity index (χ2v) is 3.03. The average Bonchev–Trinajstić information content (AvgIpc) is 2.51. The van der Waals surface area contributed by atoms with E-state index in [9.17, 15) is 4.79 Å². The molecule has 5 nitrogen and oxygen atoms in total. The van der Waals surface area contributed by atoms with E-state index in [2.05, 4.69) is 10.3 Å². The molecule has 0 radical (unpaired) electrons. The number of imidazole rings is 1. The molecule has 1 heterocycles. The number of nitrogens with zero attached hydrogens (tertiary/aromatic N) is 2. The molecule has 0 aliphatic heterocycles. The first-order chi connectivity index (χ1) is 6.13. The molecule has 0 bridgehead atoms. The molecule has 1 aromatic heterocycles. The van der Waals surface area contributed by atoms with Crippen molar-refractivity contribution in [3.05, 3.63) is 18.2 Å². The van der Waals surface area contributed by atoms with Gasteiger partial charge in [0.1, 0.15) is 5.69 Å². The lowest BCUT2D eigenvalue weighted by Gasteiger charge is -2.08. The average molecular weight is 182 g/mol. The van der Waals surface area contributed by atoms with E-state index in [1.54, 1.807) is 17.1 Å². The molecule has 1 unspecified atom stereocenters. The summed E-state index contributed by atoms with van der Waals surface area (Å²) in [5.74, 6) is -0.182. The van der Waals surface area contributed by atoms with Gasteiger partial charge >= 0.3 is 0 Å². The third-order valence-corrected chi connectivity index (χ3v) is 1.67. The van der Waals surface area contributed by atoms with Crippen LogP contribution < -0.4 is 11.1 Å². The molecule has 0 saturated carbocycles. The van der Waals surface area contributed by atoms with Gasteiger partial charge in [-0.15, -0.1) is 0 Å². The van der Waals surface area contributed by atoms with E-state index in [0.29, 0.717) is 12.2 Å². The highest BCUT2D eigenvalue weighted by atomic mass is 16.1. The first-order valence-electron chi connectivity index (χ1n) is 4.12. The van der Waals surface area contributed by atoms with Gasteiger partial charge in [0.15, 0.2) is 0 Å². The van der Waals surface area contributed by atoms with Crippen LogP contribution in [0.5, 0.6) is 0 Å². The van der Waals surface area contributed by atoms with Crippen molar-refractivity contribution in [2.75, 3.05) is 6.54 Å². The fourth-order valence-corrected chi connectivity index (χ4v) is 0.887. The van der Waals surface area contributed by atoms with Gasteiger partial charge in [0.2, 0.25) is 0 Å². The highest BCUT2D eigenvalue weighted by Crippen LogP contribution is 1.94. The smallest absolute Gasteiger partial charge is 0.271 e. The fourth-order valence-electron chi connectivity index (χ4n) is 0.887. The Morgan fingerprint density at radius 3 is 3.00 bits per heavy atom. The number of carbonyl (C=O) groups excluding carboxylic acids is 1. The lowest BCUT2D eigenvalue weighted by molar-refractivity contribution is 0.0936. The molecule has 0 aliphatic rings. The van der Waals surface area contributed by atoms with Crippen LogP contribution in [0, 0.1) is 0 Å². The summed E-state index contributed by atoms with van der Waals surface area (Å²) in [6.45, 7) is 2.28. The Labute approximate surface area is 76.9 Å². The van der Waals surface area contributed by atoms with Crippen molar-refractivity contribution in [3.8, 4) is 0 Å². The van der Waals surface area contributed by atoms with E-state index in [1.165, 1.54) is 0 Å². The molecule has 72 valence electrons. The quantitative estimate of drug-likeness (QED) is 0.661. The molecule has 1 rings (SSSR count). The van der Waals surface area contributed by atoms with Crippen LogP contribution in [-0.4, -0.2) is 28.0 Å². The zero-order chi connectivity index (χ0) is 9.84. The first-order valence-corrected chi connectivity index (χ1v) is 4.12. The van der Waals surface area contributed by atoms with E-state index >= 15 is 0 Å². The van der Waals surface area contributed by atoms with Gasteiger partial charge in [0, 0.05) is 25.8 Å². The number of carbonyl (C=O) groups is 1. The Bertz CT molecular complexity index is 294. The lowest BCUT2D eigenvalue weighted by atomic mass is 10.3. The van der Waals surface area contributed by atoms with Crippen LogP contribution in [0.1, 0.15) is 17.4 Å². The predicted octanol–water partition coefficient (Wildman–Crippen LogP) is -0.503. The Morgan fingerprint density at radius 2 is 2.54 bits per heavy atom. The number of aromatic nitrogens is 2. The Kier molecular flexibility index (Phi) is 3.02. The summed E-state index contributed by atoms with van der Waals surface area (Å²) >= 11 is 0. The Balaban J connectivity index is 2.58. The van der Waals surface area contributed by atoms with E-state index in [1.807, 2.05) is 14.0 Å². The lowest BCUT2D eigenvalue weighted by Crippen LogP contribution is -2.37. The minimum Gasteiger partial charge on any atom is -0.347 e. The van der Waals surface area contributed by atoms with Gasteiger partial charge in [-0.25, -0.2) is 4.98 Å². The summed E-state index contributed by atoms with van der Waals surface area (Å²) in [6.07, 6.45) is 3.25. The normalized spacial score (nSPS) is 12.5. The van der Waals surface area contributed by atoms with Crippen LogP contribution in [0.4, 0.5) is 0 Å². The number of hydrogen-bond acceptors (Lipinski definition) is 3. The minimum absolute atomic E-state index is 0.0190. The van der Waals surface area contributed by atoms with Gasteiger partial charge in [-0.2, -0.15) is 0 Å². The molecule has 0 spiro atoms. The van der Waals surface area contributed by atoms with Crippen molar-refractivity contribution in [1.82, 2.24) is 14.9 Å². The molecule has 13 heavy (non-hydrogen) atoms. The standard InChI is InChI=1S/C8H14N4O/c1-6(3-9)11-8(13)7-4-12(2)5-10-7/h4-6H,3,9H2,1-2H3,(H,11,13). The van der Waals surface area contributed by atoms with Crippen LogP contribution >= 0.6 is 0 Å². The van der Waals surface area contributed by atoms with Gasteiger partial charge < -0.3 is 15.6 Å². The monoisotopic (exact) mass is 182 g/mol. The van der Waals surface area contributed by atoms with Gasteiger partial charge in [0.05, 0.1) is 6.33 Å². The summed E-state index contributed by atoms with van der Waals surface area (Å²) in [6, 6.07) is -0.0190. The molecular weight excluding hydrogens is 168 g/mol. The molecule has 0 fully saturated rings. The topological polar surface area (TPSA) is 72.9 Å². The molecule has 1 atom stereocenters. The molecule has 1 aromatic rings. The highest BCUT2D eigenvalue weighted by molar-refractivity contribution is 5.92. The van der Waals surface area contributed by atoms with Gasteiger partial charge in [-0.1, -0.05) is 0 Å². The Morgan fingerprint density at radius 1 is 1.85 bits per heavy atom. The highest BCUT2D eigenvalue weighted by Gasteiger charge is 2.10. The van der Waals surface area contributed by atoms with E-state index in [-0.39, 0.29) is 11.9 Å². The summed E-state index contributed by atoms with van der Waals surface area (Å²) in [5, 5.41) is 2.72. The van der Waals surface area contributed by atoms with Crippen LogP contribution in [0.3, 0.4) is 0 Å². The van der Waals surface area contributed by atoms with Gasteiger partial charge in [-0.3, -0.25) is 4.79 Å². The van der Waals surface area contributed by atoms with Crippen LogP contribution in [0.25, 0.3) is 0 Å². The number of amides is 1. The molecule has 0 aromatic carbocycles. The van der Waals surface area contributed by atoms with Crippen molar-refractivity contribution in [2.24, 2.45) is 12.8 Å². The molecule has 3 N–H and O–H groups in total. The second-order valence-electron chi connectivity index (χ2n) is 3.03. The first kappa shape index (κ1) is 9.73. The predicted molar refractivity (Wildman–Crippen MR) is 49.2 cm³/mol. The van der Waals surface area contributed by atoms with Crippen LogP contribution in [0.15, 0.2) is 12.5 Å². The van der Waals surface area contributed by atoms with Crippen LogP contribution in [0.2, 0.25) is 0 Å². The molecule has 1 amide bonds. The van der Waals surface area contributed by atoms with Gasteiger partial charge in [0.25, 0.3) is 5.91 Å². The van der Waals surface area contributed by atoms with E-state index < -0.39 is 0 Å². The van der Waals surface area contributed by atoms with Crippen molar-refractivity contribution in [3.63, 3.8) is 0 Å². The van der Waals surface area contributed by atoms with E-state index in [4.69, 9.17) is 5.73 Å². The summed E-state index contributed by atoms with van der Waals surface area (Å²) in [7, 11) is 1.82. The Hall–Kier alpha value is -1.36. The van der Waals surface area contributed by atoms with Crippen LogP contribution in [-0.2, 0) is 7.05 Å².